The van der Waals surface area contributed by atoms with Gasteiger partial charge < -0.3 is 19.4 Å². The number of esters is 1. The normalized spacial score (nSPS) is 11.0. The third-order valence-corrected chi connectivity index (χ3v) is 4.11. The summed E-state index contributed by atoms with van der Waals surface area (Å²) in [6.45, 7) is 0.918. The van der Waals surface area contributed by atoms with Gasteiger partial charge in [0.1, 0.15) is 17.1 Å². The summed E-state index contributed by atoms with van der Waals surface area (Å²) in [5.41, 5.74) is 2.50. The zero-order chi connectivity index (χ0) is 17.8. The van der Waals surface area contributed by atoms with Crippen LogP contribution >= 0.6 is 0 Å². The Morgan fingerprint density at radius 3 is 2.60 bits per heavy atom. The van der Waals surface area contributed by atoms with Crippen LogP contribution < -0.4 is 9.47 Å². The number of rotatable bonds is 6. The maximum Gasteiger partial charge on any atom is 0.347 e. The van der Waals surface area contributed by atoms with Crippen LogP contribution in [0.4, 0.5) is 0 Å². The van der Waals surface area contributed by atoms with Crippen LogP contribution in [0.5, 0.6) is 11.5 Å². The summed E-state index contributed by atoms with van der Waals surface area (Å²) in [5, 5.41) is 0.951. The van der Waals surface area contributed by atoms with E-state index in [1.807, 2.05) is 44.6 Å². The summed E-state index contributed by atoms with van der Waals surface area (Å²) >= 11 is 0. The van der Waals surface area contributed by atoms with Crippen LogP contribution in [0.1, 0.15) is 15.9 Å². The number of nitrogens with one attached hydrogen (secondary N) is 1. The Hall–Kier alpha value is -2.79. The number of para-hydroxylation sites is 1. The van der Waals surface area contributed by atoms with Crippen molar-refractivity contribution in [3.05, 3.63) is 59.8 Å². The van der Waals surface area contributed by atoms with Gasteiger partial charge in [0.25, 0.3) is 0 Å². The minimum Gasteiger partial charge on any atom is -0.496 e. The van der Waals surface area contributed by atoms with E-state index < -0.39 is 5.97 Å². The SMILES string of the molecule is COc1ccccc1C(=O)Oc1cccc2[nH]cc(CCN(C)C)c12. The average molecular weight is 338 g/mol. The van der Waals surface area contributed by atoms with Crippen LogP contribution in [0.25, 0.3) is 10.9 Å². The molecule has 0 saturated heterocycles. The van der Waals surface area contributed by atoms with Crippen LogP contribution in [-0.4, -0.2) is 43.6 Å². The van der Waals surface area contributed by atoms with Crippen LogP contribution in [0.3, 0.4) is 0 Å². The Morgan fingerprint density at radius 1 is 1.08 bits per heavy atom. The molecule has 0 amide bonds. The molecule has 2 aromatic carbocycles. The van der Waals surface area contributed by atoms with Crippen LogP contribution in [0.2, 0.25) is 0 Å². The van der Waals surface area contributed by atoms with E-state index in [1.54, 1.807) is 25.3 Å². The van der Waals surface area contributed by atoms with Gasteiger partial charge in [-0.25, -0.2) is 4.79 Å². The molecule has 0 aliphatic carbocycles. The van der Waals surface area contributed by atoms with Crippen LogP contribution in [0, 0.1) is 0 Å². The first-order chi connectivity index (χ1) is 12.1. The standard InChI is InChI=1S/C20H22N2O3/c1-22(2)12-11-14-13-21-16-8-6-10-18(19(14)16)25-20(23)15-7-4-5-9-17(15)24-3/h4-10,13,21H,11-12H2,1-3H3. The number of fused-ring (bicyclic) bond motifs is 1. The summed E-state index contributed by atoms with van der Waals surface area (Å²) in [6, 6.07) is 12.7. The number of aromatic nitrogens is 1. The first kappa shape index (κ1) is 17.0. The number of carbonyl (C=O) groups is 1. The van der Waals surface area contributed by atoms with Crippen molar-refractivity contribution in [3.63, 3.8) is 0 Å². The summed E-state index contributed by atoms with van der Waals surface area (Å²) in [7, 11) is 5.62. The molecule has 0 bridgehead atoms. The fourth-order valence-electron chi connectivity index (χ4n) is 2.81. The monoisotopic (exact) mass is 338 g/mol. The molecule has 0 aliphatic heterocycles. The molecule has 0 aliphatic rings. The van der Waals surface area contributed by atoms with Gasteiger partial charge in [-0.3, -0.25) is 0 Å². The predicted molar refractivity (Wildman–Crippen MR) is 98.5 cm³/mol. The first-order valence-electron chi connectivity index (χ1n) is 8.19. The fraction of sp³-hybridized carbons (Fsp3) is 0.250. The van der Waals surface area contributed by atoms with E-state index >= 15 is 0 Å². The number of H-pyrrole nitrogens is 1. The molecule has 5 nitrogen and oxygen atoms in total. The van der Waals surface area contributed by atoms with Crippen molar-refractivity contribution in [3.8, 4) is 11.5 Å². The van der Waals surface area contributed by atoms with E-state index in [4.69, 9.17) is 9.47 Å². The van der Waals surface area contributed by atoms with Crippen molar-refractivity contribution < 1.29 is 14.3 Å². The smallest absolute Gasteiger partial charge is 0.347 e. The summed E-state index contributed by atoms with van der Waals surface area (Å²) in [4.78, 5) is 18.0. The van der Waals surface area contributed by atoms with Gasteiger partial charge in [-0.1, -0.05) is 18.2 Å². The Kier molecular flexibility index (Phi) is 5.05. The number of hydrogen-bond donors (Lipinski definition) is 1. The second-order valence-electron chi connectivity index (χ2n) is 6.14. The van der Waals surface area contributed by atoms with Crippen molar-refractivity contribution in [2.75, 3.05) is 27.7 Å². The molecular formula is C20H22N2O3. The Morgan fingerprint density at radius 2 is 1.84 bits per heavy atom. The first-order valence-corrected chi connectivity index (χ1v) is 8.19. The van der Waals surface area contributed by atoms with Crippen LogP contribution in [0.15, 0.2) is 48.7 Å². The number of methoxy groups -OCH3 is 1. The number of likely N-dealkylation sites (N-methyl/N-ethyl adjacent to an activating group) is 1. The van der Waals surface area contributed by atoms with Gasteiger partial charge in [-0.15, -0.1) is 0 Å². The second-order valence-corrected chi connectivity index (χ2v) is 6.14. The molecule has 0 unspecified atom stereocenters. The molecule has 1 heterocycles. The lowest BCUT2D eigenvalue weighted by Gasteiger charge is -2.11. The zero-order valence-electron chi connectivity index (χ0n) is 14.7. The van der Waals surface area contributed by atoms with Crippen molar-refractivity contribution in [1.82, 2.24) is 9.88 Å². The lowest BCUT2D eigenvalue weighted by Crippen LogP contribution is -2.15. The molecule has 130 valence electrons. The molecule has 1 N–H and O–H groups in total. The average Bonchev–Trinajstić information content (AvgIpc) is 3.04. The number of aromatic amines is 1. The van der Waals surface area contributed by atoms with Gasteiger partial charge in [-0.05, 0) is 50.3 Å². The second kappa shape index (κ2) is 7.40. The van der Waals surface area contributed by atoms with Gasteiger partial charge in [0.05, 0.1) is 7.11 Å². The third-order valence-electron chi connectivity index (χ3n) is 4.11. The van der Waals surface area contributed by atoms with E-state index in [0.29, 0.717) is 17.1 Å². The molecular weight excluding hydrogens is 316 g/mol. The largest absolute Gasteiger partial charge is 0.496 e. The van der Waals surface area contributed by atoms with Gasteiger partial charge in [0.15, 0.2) is 0 Å². The summed E-state index contributed by atoms with van der Waals surface area (Å²) < 4.78 is 11.0. The highest BCUT2D eigenvalue weighted by Crippen LogP contribution is 2.30. The number of ether oxygens (including phenoxy) is 2. The molecule has 3 aromatic rings. The highest BCUT2D eigenvalue weighted by atomic mass is 16.5. The van der Waals surface area contributed by atoms with E-state index in [0.717, 1.165) is 29.4 Å². The van der Waals surface area contributed by atoms with Gasteiger partial charge in [-0.2, -0.15) is 0 Å². The molecule has 1 aromatic heterocycles. The molecule has 0 radical (unpaired) electrons. The van der Waals surface area contributed by atoms with E-state index in [2.05, 4.69) is 9.88 Å². The number of carbonyl (C=O) groups excluding carboxylic acids is 1. The molecule has 0 saturated carbocycles. The highest BCUT2D eigenvalue weighted by Gasteiger charge is 2.17. The minimum atomic E-state index is -0.426. The van der Waals surface area contributed by atoms with Crippen molar-refractivity contribution in [2.45, 2.75) is 6.42 Å². The lowest BCUT2D eigenvalue weighted by molar-refractivity contribution is 0.0733. The fourth-order valence-corrected chi connectivity index (χ4v) is 2.81. The Labute approximate surface area is 147 Å². The Bertz CT molecular complexity index is 884. The topological polar surface area (TPSA) is 54.6 Å². The van der Waals surface area contributed by atoms with E-state index in [1.165, 1.54) is 0 Å². The number of hydrogen-bond acceptors (Lipinski definition) is 4. The number of benzene rings is 2. The zero-order valence-corrected chi connectivity index (χ0v) is 14.7. The van der Waals surface area contributed by atoms with Crippen LogP contribution in [-0.2, 0) is 6.42 Å². The third kappa shape index (κ3) is 3.67. The predicted octanol–water partition coefficient (Wildman–Crippen LogP) is 3.50. The van der Waals surface area contributed by atoms with E-state index in [-0.39, 0.29) is 0 Å². The van der Waals surface area contributed by atoms with Crippen molar-refractivity contribution in [1.29, 1.82) is 0 Å². The van der Waals surface area contributed by atoms with Crippen molar-refractivity contribution >= 4 is 16.9 Å². The summed E-state index contributed by atoms with van der Waals surface area (Å²) in [5.74, 6) is 0.634. The molecule has 3 rings (SSSR count). The summed E-state index contributed by atoms with van der Waals surface area (Å²) in [6.07, 6.45) is 2.85. The molecule has 0 fully saturated rings. The molecule has 0 spiro atoms. The number of nitrogens with zero attached hydrogens (tertiary/aromatic N) is 1. The van der Waals surface area contributed by atoms with Gasteiger partial charge >= 0.3 is 5.97 Å². The Balaban J connectivity index is 1.93. The molecule has 25 heavy (non-hydrogen) atoms. The molecule has 5 heteroatoms. The molecule has 0 atom stereocenters. The maximum absolute atomic E-state index is 12.6. The van der Waals surface area contributed by atoms with E-state index in [9.17, 15) is 4.79 Å². The highest BCUT2D eigenvalue weighted by molar-refractivity contribution is 5.97. The van der Waals surface area contributed by atoms with Gasteiger partial charge in [0.2, 0.25) is 0 Å². The minimum absolute atomic E-state index is 0.410. The van der Waals surface area contributed by atoms with Crippen molar-refractivity contribution in [2.24, 2.45) is 0 Å². The quantitative estimate of drug-likeness (QED) is 0.552. The van der Waals surface area contributed by atoms with Gasteiger partial charge in [0, 0.05) is 23.6 Å². The lowest BCUT2D eigenvalue weighted by atomic mass is 10.1. The maximum atomic E-state index is 12.6.